The molecule has 0 amide bonds. The second-order valence-electron chi connectivity index (χ2n) is 4.60. The first-order valence-electron chi connectivity index (χ1n) is 6.16. The maximum Gasteiger partial charge on any atom is 0.241 e. The van der Waals surface area contributed by atoms with Gasteiger partial charge in [-0.05, 0) is 48.7 Å². The fourth-order valence-corrected chi connectivity index (χ4v) is 3.13. The Bertz CT molecular complexity index is 727. The van der Waals surface area contributed by atoms with Gasteiger partial charge in [0.15, 0.2) is 0 Å². The summed E-state index contributed by atoms with van der Waals surface area (Å²) < 4.78 is 27.2. The molecule has 0 bridgehead atoms. The molecule has 0 aliphatic rings. The fourth-order valence-electron chi connectivity index (χ4n) is 1.85. The summed E-state index contributed by atoms with van der Waals surface area (Å²) >= 11 is 0. The van der Waals surface area contributed by atoms with E-state index in [0.717, 1.165) is 11.1 Å². The number of nitrogens with two attached hydrogens (primary N) is 1. The molecule has 5 nitrogen and oxygen atoms in total. The van der Waals surface area contributed by atoms with E-state index < -0.39 is 10.0 Å². The Labute approximate surface area is 118 Å². The number of aryl methyl sites for hydroxylation is 1. The van der Waals surface area contributed by atoms with Gasteiger partial charge in [-0.25, -0.2) is 13.1 Å². The van der Waals surface area contributed by atoms with Crippen LogP contribution in [0.4, 0.5) is 5.69 Å². The highest BCUT2D eigenvalue weighted by Crippen LogP contribution is 2.20. The molecular weight excluding hydrogens is 274 g/mol. The van der Waals surface area contributed by atoms with Gasteiger partial charge in [-0.3, -0.25) is 4.98 Å². The van der Waals surface area contributed by atoms with Crippen molar-refractivity contribution < 1.29 is 8.42 Å². The molecule has 6 heteroatoms. The maximum atomic E-state index is 12.3. The van der Waals surface area contributed by atoms with E-state index in [-0.39, 0.29) is 11.4 Å². The van der Waals surface area contributed by atoms with Crippen molar-refractivity contribution in [3.8, 4) is 0 Å². The van der Waals surface area contributed by atoms with Gasteiger partial charge in [0.25, 0.3) is 0 Å². The first kappa shape index (κ1) is 14.5. The molecule has 2 aromatic rings. The molecule has 106 valence electrons. The van der Waals surface area contributed by atoms with Crippen LogP contribution in [0.3, 0.4) is 0 Å². The standard InChI is InChI=1S/C14H17N3O2S/c1-10-6-7-16-8-12(10)9-17-20(18,19)14-5-3-4-13(15)11(14)2/h3-8,17H,9,15H2,1-2H3. The quantitative estimate of drug-likeness (QED) is 0.841. The lowest BCUT2D eigenvalue weighted by Crippen LogP contribution is -2.24. The minimum atomic E-state index is -3.59. The molecule has 0 fully saturated rings. The number of sulfonamides is 1. The number of anilines is 1. The lowest BCUT2D eigenvalue weighted by molar-refractivity contribution is 0.580. The first-order chi connectivity index (χ1) is 9.42. The van der Waals surface area contributed by atoms with Crippen LogP contribution in [-0.2, 0) is 16.6 Å². The number of nitrogen functional groups attached to an aromatic ring is 1. The van der Waals surface area contributed by atoms with Gasteiger partial charge in [-0.1, -0.05) is 6.07 Å². The molecule has 0 saturated heterocycles. The summed E-state index contributed by atoms with van der Waals surface area (Å²) in [6, 6.07) is 6.70. The molecule has 0 aliphatic carbocycles. The summed E-state index contributed by atoms with van der Waals surface area (Å²) in [4.78, 5) is 4.20. The van der Waals surface area contributed by atoms with Crippen LogP contribution < -0.4 is 10.5 Å². The molecule has 0 saturated carbocycles. The van der Waals surface area contributed by atoms with Crippen LogP contribution in [0.25, 0.3) is 0 Å². The van der Waals surface area contributed by atoms with Crippen LogP contribution in [0.15, 0.2) is 41.6 Å². The summed E-state index contributed by atoms with van der Waals surface area (Å²) in [7, 11) is -3.59. The van der Waals surface area contributed by atoms with Gasteiger partial charge in [-0.15, -0.1) is 0 Å². The van der Waals surface area contributed by atoms with E-state index in [0.29, 0.717) is 11.3 Å². The third-order valence-electron chi connectivity index (χ3n) is 3.22. The number of pyridine rings is 1. The summed E-state index contributed by atoms with van der Waals surface area (Å²) in [6.45, 7) is 3.81. The van der Waals surface area contributed by atoms with Gasteiger partial charge in [0.05, 0.1) is 4.90 Å². The highest BCUT2D eigenvalue weighted by molar-refractivity contribution is 7.89. The molecule has 0 aliphatic heterocycles. The van der Waals surface area contributed by atoms with E-state index in [1.54, 1.807) is 37.5 Å². The van der Waals surface area contributed by atoms with Gasteiger partial charge in [0, 0.05) is 24.6 Å². The number of rotatable bonds is 4. The monoisotopic (exact) mass is 291 g/mol. The van der Waals surface area contributed by atoms with E-state index in [9.17, 15) is 8.42 Å². The Morgan fingerprint density at radius 2 is 2.00 bits per heavy atom. The Balaban J connectivity index is 2.24. The minimum absolute atomic E-state index is 0.205. The summed E-state index contributed by atoms with van der Waals surface area (Å²) in [5.74, 6) is 0. The molecule has 1 aromatic carbocycles. The molecule has 3 N–H and O–H groups in total. The summed E-state index contributed by atoms with van der Waals surface area (Å²) in [5.41, 5.74) is 8.61. The van der Waals surface area contributed by atoms with Gasteiger partial charge in [0.2, 0.25) is 10.0 Å². The second-order valence-corrected chi connectivity index (χ2v) is 6.33. The van der Waals surface area contributed by atoms with E-state index >= 15 is 0 Å². The minimum Gasteiger partial charge on any atom is -0.398 e. The summed E-state index contributed by atoms with van der Waals surface area (Å²) in [5, 5.41) is 0. The van der Waals surface area contributed by atoms with Gasteiger partial charge in [-0.2, -0.15) is 0 Å². The average Bonchev–Trinajstić information content (AvgIpc) is 2.41. The lowest BCUT2D eigenvalue weighted by Gasteiger charge is -2.11. The Hall–Kier alpha value is -1.92. The van der Waals surface area contributed by atoms with Crippen molar-refractivity contribution in [2.75, 3.05) is 5.73 Å². The van der Waals surface area contributed by atoms with E-state index in [2.05, 4.69) is 9.71 Å². The molecule has 0 atom stereocenters. The number of nitrogens with zero attached hydrogens (tertiary/aromatic N) is 1. The summed E-state index contributed by atoms with van der Waals surface area (Å²) in [6.07, 6.45) is 3.33. The predicted octanol–water partition coefficient (Wildman–Crippen LogP) is 1.76. The zero-order chi connectivity index (χ0) is 14.8. The van der Waals surface area contributed by atoms with Crippen molar-refractivity contribution in [2.24, 2.45) is 0 Å². The molecule has 1 heterocycles. The number of nitrogens with one attached hydrogen (secondary N) is 1. The van der Waals surface area contributed by atoms with Crippen LogP contribution in [0.5, 0.6) is 0 Å². The van der Waals surface area contributed by atoms with Gasteiger partial charge < -0.3 is 5.73 Å². The number of benzene rings is 1. The largest absolute Gasteiger partial charge is 0.398 e. The third kappa shape index (κ3) is 2.97. The van der Waals surface area contributed by atoms with Crippen LogP contribution in [0, 0.1) is 13.8 Å². The molecule has 2 rings (SSSR count). The number of hydrogen-bond donors (Lipinski definition) is 2. The Morgan fingerprint density at radius 3 is 2.70 bits per heavy atom. The van der Waals surface area contributed by atoms with Crippen molar-refractivity contribution in [1.29, 1.82) is 0 Å². The number of aromatic nitrogens is 1. The molecular formula is C14H17N3O2S. The Morgan fingerprint density at radius 1 is 1.25 bits per heavy atom. The van der Waals surface area contributed by atoms with Gasteiger partial charge >= 0.3 is 0 Å². The van der Waals surface area contributed by atoms with Gasteiger partial charge in [0.1, 0.15) is 0 Å². The van der Waals surface area contributed by atoms with Crippen LogP contribution in [0.1, 0.15) is 16.7 Å². The van der Waals surface area contributed by atoms with Crippen LogP contribution >= 0.6 is 0 Å². The molecule has 0 radical (unpaired) electrons. The normalized spacial score (nSPS) is 11.5. The lowest BCUT2D eigenvalue weighted by atomic mass is 10.2. The van der Waals surface area contributed by atoms with Crippen molar-refractivity contribution in [3.05, 3.63) is 53.3 Å². The highest BCUT2D eigenvalue weighted by atomic mass is 32.2. The SMILES string of the molecule is Cc1ccncc1CNS(=O)(=O)c1cccc(N)c1C. The van der Waals surface area contributed by atoms with E-state index in [1.807, 2.05) is 13.0 Å². The zero-order valence-corrected chi connectivity index (χ0v) is 12.2. The molecule has 0 unspecified atom stereocenters. The zero-order valence-electron chi connectivity index (χ0n) is 11.4. The van der Waals surface area contributed by atoms with Crippen LogP contribution in [-0.4, -0.2) is 13.4 Å². The smallest absolute Gasteiger partial charge is 0.241 e. The predicted molar refractivity (Wildman–Crippen MR) is 78.6 cm³/mol. The highest BCUT2D eigenvalue weighted by Gasteiger charge is 2.17. The molecule has 1 aromatic heterocycles. The van der Waals surface area contributed by atoms with E-state index in [4.69, 9.17) is 5.73 Å². The second kappa shape index (κ2) is 5.60. The Kier molecular flexibility index (Phi) is 4.06. The van der Waals surface area contributed by atoms with Crippen LogP contribution in [0.2, 0.25) is 0 Å². The fraction of sp³-hybridized carbons (Fsp3) is 0.214. The van der Waals surface area contributed by atoms with Crippen molar-refractivity contribution in [1.82, 2.24) is 9.71 Å². The van der Waals surface area contributed by atoms with E-state index in [1.165, 1.54) is 0 Å². The number of hydrogen-bond acceptors (Lipinski definition) is 4. The average molecular weight is 291 g/mol. The maximum absolute atomic E-state index is 12.3. The molecule has 0 spiro atoms. The topological polar surface area (TPSA) is 85.1 Å². The van der Waals surface area contributed by atoms with Crippen molar-refractivity contribution in [3.63, 3.8) is 0 Å². The molecule has 20 heavy (non-hydrogen) atoms. The third-order valence-corrected chi connectivity index (χ3v) is 4.76. The van der Waals surface area contributed by atoms with Crippen molar-refractivity contribution in [2.45, 2.75) is 25.3 Å². The van der Waals surface area contributed by atoms with Crippen molar-refractivity contribution >= 4 is 15.7 Å². The first-order valence-corrected chi connectivity index (χ1v) is 7.64.